The van der Waals surface area contributed by atoms with Gasteiger partial charge in [0.15, 0.2) is 0 Å². The van der Waals surface area contributed by atoms with E-state index in [2.05, 4.69) is 16.9 Å². The van der Waals surface area contributed by atoms with Crippen molar-refractivity contribution in [3.63, 3.8) is 0 Å². The third-order valence-electron chi connectivity index (χ3n) is 3.52. The Kier molecular flexibility index (Phi) is 5.89. The van der Waals surface area contributed by atoms with E-state index in [1.165, 1.54) is 14.2 Å². The highest BCUT2D eigenvalue weighted by Crippen LogP contribution is 2.39. The molecule has 1 atom stereocenters. The highest BCUT2D eigenvalue weighted by molar-refractivity contribution is 5.71. The minimum atomic E-state index is -0.192. The van der Waals surface area contributed by atoms with Crippen LogP contribution >= 0.6 is 0 Å². The van der Waals surface area contributed by atoms with E-state index < -0.39 is 0 Å². The molecule has 0 heterocycles. The molecular formula is C14H22O4. The van der Waals surface area contributed by atoms with Gasteiger partial charge in [0.2, 0.25) is 0 Å². The summed E-state index contributed by atoms with van der Waals surface area (Å²) in [5.41, 5.74) is -0.126. The van der Waals surface area contributed by atoms with Crippen LogP contribution in [0.2, 0.25) is 0 Å². The van der Waals surface area contributed by atoms with Crippen LogP contribution in [-0.2, 0) is 19.1 Å². The summed E-state index contributed by atoms with van der Waals surface area (Å²) in [4.78, 5) is 22.6. The normalized spacial score (nSPS) is 22.6. The molecule has 0 saturated carbocycles. The van der Waals surface area contributed by atoms with E-state index in [1.54, 1.807) is 0 Å². The third-order valence-corrected chi connectivity index (χ3v) is 3.52. The van der Waals surface area contributed by atoms with Gasteiger partial charge in [-0.15, -0.1) is 0 Å². The van der Waals surface area contributed by atoms with Gasteiger partial charge in [0.25, 0.3) is 0 Å². The lowest BCUT2D eigenvalue weighted by Crippen LogP contribution is -2.25. The molecule has 0 aromatic heterocycles. The van der Waals surface area contributed by atoms with Gasteiger partial charge in [0, 0.05) is 6.42 Å². The fourth-order valence-corrected chi connectivity index (χ4v) is 2.48. The van der Waals surface area contributed by atoms with Gasteiger partial charge in [-0.05, 0) is 37.5 Å². The lowest BCUT2D eigenvalue weighted by molar-refractivity contribution is -0.143. The first kappa shape index (κ1) is 14.7. The minimum absolute atomic E-state index is 0.126. The molecular weight excluding hydrogens is 232 g/mol. The molecule has 1 rings (SSSR count). The zero-order valence-corrected chi connectivity index (χ0v) is 11.2. The molecule has 4 nitrogen and oxygen atoms in total. The zero-order chi connectivity index (χ0) is 13.4. The van der Waals surface area contributed by atoms with Gasteiger partial charge in [-0.1, -0.05) is 12.2 Å². The second kappa shape index (κ2) is 7.19. The summed E-state index contributed by atoms with van der Waals surface area (Å²) in [5.74, 6) is -0.373. The first-order valence-electron chi connectivity index (χ1n) is 6.43. The minimum Gasteiger partial charge on any atom is -0.469 e. The topological polar surface area (TPSA) is 52.6 Å². The molecule has 4 heteroatoms. The Hall–Kier alpha value is -1.32. The van der Waals surface area contributed by atoms with E-state index in [9.17, 15) is 9.59 Å². The van der Waals surface area contributed by atoms with Crippen LogP contribution in [-0.4, -0.2) is 26.2 Å². The molecule has 1 unspecified atom stereocenters. The molecule has 0 saturated heterocycles. The van der Waals surface area contributed by atoms with E-state index >= 15 is 0 Å². The maximum absolute atomic E-state index is 11.5. The number of allylic oxidation sites excluding steroid dienone is 2. The maximum atomic E-state index is 11.5. The van der Waals surface area contributed by atoms with Crippen molar-refractivity contribution in [1.82, 2.24) is 0 Å². The van der Waals surface area contributed by atoms with Crippen molar-refractivity contribution < 1.29 is 19.1 Å². The first-order valence-corrected chi connectivity index (χ1v) is 6.43. The van der Waals surface area contributed by atoms with Crippen LogP contribution in [0.3, 0.4) is 0 Å². The largest absolute Gasteiger partial charge is 0.469 e. The SMILES string of the molecule is COC(=O)CCCC1(CC(=O)OC)C=CCCC1. The average Bonchev–Trinajstić information content (AvgIpc) is 2.39. The number of rotatable bonds is 6. The van der Waals surface area contributed by atoms with Gasteiger partial charge in [-0.3, -0.25) is 9.59 Å². The summed E-state index contributed by atoms with van der Waals surface area (Å²) in [6.07, 6.45) is 9.79. The molecule has 102 valence electrons. The summed E-state index contributed by atoms with van der Waals surface area (Å²) in [6.45, 7) is 0. The molecule has 0 spiro atoms. The maximum Gasteiger partial charge on any atom is 0.306 e. The number of hydrogen-bond donors (Lipinski definition) is 0. The lowest BCUT2D eigenvalue weighted by atomic mass is 9.73. The molecule has 0 aromatic rings. The van der Waals surface area contributed by atoms with E-state index in [4.69, 9.17) is 4.74 Å². The summed E-state index contributed by atoms with van der Waals surface area (Å²) in [5, 5.41) is 0. The Balaban J connectivity index is 2.55. The van der Waals surface area contributed by atoms with Crippen LogP contribution < -0.4 is 0 Å². The van der Waals surface area contributed by atoms with E-state index in [0.717, 1.165) is 32.1 Å². The van der Waals surface area contributed by atoms with Gasteiger partial charge in [-0.25, -0.2) is 0 Å². The summed E-state index contributed by atoms with van der Waals surface area (Å²) in [7, 11) is 2.81. The quantitative estimate of drug-likeness (QED) is 0.540. The average molecular weight is 254 g/mol. The number of ether oxygens (including phenoxy) is 2. The molecule has 0 amide bonds. The summed E-state index contributed by atoms with van der Waals surface area (Å²) < 4.78 is 9.39. The molecule has 0 fully saturated rings. The number of esters is 2. The predicted octanol–water partition coefficient (Wildman–Crippen LogP) is 2.62. The van der Waals surface area contributed by atoms with Gasteiger partial charge < -0.3 is 9.47 Å². The second-order valence-corrected chi connectivity index (χ2v) is 4.84. The Morgan fingerprint density at radius 3 is 2.50 bits per heavy atom. The van der Waals surface area contributed by atoms with Crippen molar-refractivity contribution in [3.8, 4) is 0 Å². The fourth-order valence-electron chi connectivity index (χ4n) is 2.48. The zero-order valence-electron chi connectivity index (χ0n) is 11.2. The van der Waals surface area contributed by atoms with Crippen molar-refractivity contribution in [2.45, 2.75) is 44.9 Å². The van der Waals surface area contributed by atoms with Crippen LogP contribution in [0.1, 0.15) is 44.9 Å². The summed E-state index contributed by atoms with van der Waals surface area (Å²) >= 11 is 0. The third kappa shape index (κ3) is 4.51. The Labute approximate surface area is 108 Å². The summed E-state index contributed by atoms with van der Waals surface area (Å²) in [6, 6.07) is 0. The molecule has 1 aliphatic carbocycles. The lowest BCUT2D eigenvalue weighted by Gasteiger charge is -2.32. The van der Waals surface area contributed by atoms with Crippen LogP contribution in [0.15, 0.2) is 12.2 Å². The van der Waals surface area contributed by atoms with E-state index in [-0.39, 0.29) is 17.4 Å². The number of carbonyl (C=O) groups excluding carboxylic acids is 2. The standard InChI is InChI=1S/C14H22O4/c1-17-12(15)7-6-10-14(11-13(16)18-2)8-4-3-5-9-14/h4,8H,3,5-7,9-11H2,1-2H3. The number of methoxy groups -OCH3 is 2. The fraction of sp³-hybridized carbons (Fsp3) is 0.714. The molecule has 0 aromatic carbocycles. The van der Waals surface area contributed by atoms with Crippen molar-refractivity contribution in [2.75, 3.05) is 14.2 Å². The van der Waals surface area contributed by atoms with Crippen molar-refractivity contribution in [1.29, 1.82) is 0 Å². The molecule has 1 aliphatic rings. The molecule has 18 heavy (non-hydrogen) atoms. The predicted molar refractivity (Wildman–Crippen MR) is 67.9 cm³/mol. The van der Waals surface area contributed by atoms with Gasteiger partial charge in [0.05, 0.1) is 20.6 Å². The van der Waals surface area contributed by atoms with Crippen molar-refractivity contribution >= 4 is 11.9 Å². The van der Waals surface area contributed by atoms with Gasteiger partial charge in [-0.2, -0.15) is 0 Å². The van der Waals surface area contributed by atoms with Crippen molar-refractivity contribution in [2.24, 2.45) is 5.41 Å². The van der Waals surface area contributed by atoms with Crippen LogP contribution in [0, 0.1) is 5.41 Å². The monoisotopic (exact) mass is 254 g/mol. The molecule has 0 N–H and O–H groups in total. The first-order chi connectivity index (χ1) is 8.62. The number of hydrogen-bond acceptors (Lipinski definition) is 4. The smallest absolute Gasteiger partial charge is 0.306 e. The van der Waals surface area contributed by atoms with Crippen LogP contribution in [0.25, 0.3) is 0 Å². The Morgan fingerprint density at radius 1 is 1.22 bits per heavy atom. The molecule has 0 radical (unpaired) electrons. The molecule has 0 bridgehead atoms. The highest BCUT2D eigenvalue weighted by atomic mass is 16.5. The molecule has 0 aliphatic heterocycles. The van der Waals surface area contributed by atoms with Gasteiger partial charge in [0.1, 0.15) is 0 Å². The number of carbonyl (C=O) groups is 2. The van der Waals surface area contributed by atoms with Crippen molar-refractivity contribution in [3.05, 3.63) is 12.2 Å². The van der Waals surface area contributed by atoms with E-state index in [1.807, 2.05) is 0 Å². The Morgan fingerprint density at radius 2 is 1.94 bits per heavy atom. The Bertz CT molecular complexity index is 322. The van der Waals surface area contributed by atoms with Crippen LogP contribution in [0.4, 0.5) is 0 Å². The highest BCUT2D eigenvalue weighted by Gasteiger charge is 2.31. The second-order valence-electron chi connectivity index (χ2n) is 4.84. The van der Waals surface area contributed by atoms with Crippen LogP contribution in [0.5, 0.6) is 0 Å². The van der Waals surface area contributed by atoms with E-state index in [0.29, 0.717) is 12.8 Å². The van der Waals surface area contributed by atoms with Gasteiger partial charge >= 0.3 is 11.9 Å².